The summed E-state index contributed by atoms with van der Waals surface area (Å²) in [5.74, 6) is -0.103. The number of ether oxygens (including phenoxy) is 1. The second-order valence-corrected chi connectivity index (χ2v) is 6.75. The van der Waals surface area contributed by atoms with Crippen LogP contribution in [0.5, 0.6) is 5.75 Å². The van der Waals surface area contributed by atoms with Crippen LogP contribution in [-0.2, 0) is 4.79 Å². The molecule has 0 saturated heterocycles. The minimum absolute atomic E-state index is 0.171. The van der Waals surface area contributed by atoms with E-state index in [0.717, 1.165) is 5.75 Å². The van der Waals surface area contributed by atoms with Crippen molar-refractivity contribution in [1.82, 2.24) is 15.1 Å². The molecule has 9 heteroatoms. The quantitative estimate of drug-likeness (QED) is 0.591. The zero-order chi connectivity index (χ0) is 20.8. The van der Waals surface area contributed by atoms with Gasteiger partial charge in [0.05, 0.1) is 28.9 Å². The van der Waals surface area contributed by atoms with E-state index in [4.69, 9.17) is 27.9 Å². The zero-order valence-corrected chi connectivity index (χ0v) is 17.0. The molecule has 7 nitrogen and oxygen atoms in total. The van der Waals surface area contributed by atoms with Crippen molar-refractivity contribution in [2.75, 3.05) is 18.5 Å². The fourth-order valence-corrected chi connectivity index (χ4v) is 2.77. The van der Waals surface area contributed by atoms with Crippen LogP contribution in [0.25, 0.3) is 5.69 Å². The SMILES string of the molecule is CCOc1ccc(NC(=O)CNC(=O)c2ccn(-c3ccc(Cl)c(Cl)c3)n2)cc1. The van der Waals surface area contributed by atoms with Crippen molar-refractivity contribution >= 4 is 40.7 Å². The van der Waals surface area contributed by atoms with Gasteiger partial charge in [0.1, 0.15) is 5.75 Å². The Balaban J connectivity index is 1.54. The van der Waals surface area contributed by atoms with Gasteiger partial charge in [-0.15, -0.1) is 0 Å². The van der Waals surface area contributed by atoms with Crippen LogP contribution in [0.3, 0.4) is 0 Å². The first-order valence-electron chi connectivity index (χ1n) is 8.78. The van der Waals surface area contributed by atoms with E-state index in [1.54, 1.807) is 54.7 Å². The minimum Gasteiger partial charge on any atom is -0.494 e. The molecule has 0 aliphatic heterocycles. The normalized spacial score (nSPS) is 10.4. The van der Waals surface area contributed by atoms with Crippen molar-refractivity contribution in [1.29, 1.82) is 0 Å². The van der Waals surface area contributed by atoms with Crippen LogP contribution in [0.15, 0.2) is 54.7 Å². The third kappa shape index (κ3) is 5.49. The summed E-state index contributed by atoms with van der Waals surface area (Å²) < 4.78 is 6.84. The molecule has 2 aromatic carbocycles. The average molecular weight is 433 g/mol. The van der Waals surface area contributed by atoms with Crippen molar-refractivity contribution in [3.63, 3.8) is 0 Å². The number of hydrogen-bond donors (Lipinski definition) is 2. The van der Waals surface area contributed by atoms with Crippen molar-refractivity contribution < 1.29 is 14.3 Å². The molecule has 1 heterocycles. The van der Waals surface area contributed by atoms with Crippen LogP contribution in [-0.4, -0.2) is 34.7 Å². The fraction of sp³-hybridized carbons (Fsp3) is 0.150. The molecule has 0 saturated carbocycles. The number of aromatic nitrogens is 2. The molecule has 0 aliphatic carbocycles. The van der Waals surface area contributed by atoms with Crippen LogP contribution >= 0.6 is 23.2 Å². The van der Waals surface area contributed by atoms with Crippen molar-refractivity contribution in [2.45, 2.75) is 6.92 Å². The van der Waals surface area contributed by atoms with Gasteiger partial charge in [0.25, 0.3) is 5.91 Å². The summed E-state index contributed by atoms with van der Waals surface area (Å²) in [4.78, 5) is 24.3. The molecule has 150 valence electrons. The van der Waals surface area contributed by atoms with Gasteiger partial charge in [-0.05, 0) is 55.5 Å². The standard InChI is InChI=1S/C20H18Cl2N4O3/c1-2-29-15-6-3-13(4-7-15)24-19(27)12-23-20(28)18-9-10-26(25-18)14-5-8-16(21)17(22)11-14/h3-11H,2,12H2,1H3,(H,23,28)(H,24,27). The van der Waals surface area contributed by atoms with E-state index in [0.29, 0.717) is 28.0 Å². The molecule has 0 aliphatic rings. The van der Waals surface area contributed by atoms with Gasteiger partial charge in [0.2, 0.25) is 5.91 Å². The van der Waals surface area contributed by atoms with Gasteiger partial charge in [-0.1, -0.05) is 23.2 Å². The molecule has 3 rings (SSSR count). The summed E-state index contributed by atoms with van der Waals surface area (Å²) in [5, 5.41) is 10.2. The van der Waals surface area contributed by atoms with Gasteiger partial charge in [0.15, 0.2) is 5.69 Å². The first-order valence-corrected chi connectivity index (χ1v) is 9.54. The smallest absolute Gasteiger partial charge is 0.272 e. The summed E-state index contributed by atoms with van der Waals surface area (Å²) in [6, 6.07) is 13.5. The molecule has 0 spiro atoms. The van der Waals surface area contributed by atoms with E-state index in [2.05, 4.69) is 15.7 Å². The number of hydrogen-bond acceptors (Lipinski definition) is 4. The minimum atomic E-state index is -0.467. The molecule has 2 amide bonds. The number of nitrogens with one attached hydrogen (secondary N) is 2. The van der Waals surface area contributed by atoms with Gasteiger partial charge in [-0.3, -0.25) is 9.59 Å². The Morgan fingerprint density at radius 3 is 2.52 bits per heavy atom. The number of rotatable bonds is 7. The lowest BCUT2D eigenvalue weighted by Gasteiger charge is -2.08. The summed E-state index contributed by atoms with van der Waals surface area (Å²) in [5.41, 5.74) is 1.44. The summed E-state index contributed by atoms with van der Waals surface area (Å²) in [7, 11) is 0. The molecule has 2 N–H and O–H groups in total. The highest BCUT2D eigenvalue weighted by atomic mass is 35.5. The van der Waals surface area contributed by atoms with Crippen molar-refractivity contribution in [3.05, 3.63) is 70.5 Å². The molecule has 0 bridgehead atoms. The predicted molar refractivity (Wildman–Crippen MR) is 112 cm³/mol. The van der Waals surface area contributed by atoms with Gasteiger partial charge >= 0.3 is 0 Å². The van der Waals surface area contributed by atoms with Crippen LogP contribution in [0.4, 0.5) is 5.69 Å². The highest BCUT2D eigenvalue weighted by Gasteiger charge is 2.12. The average Bonchev–Trinajstić information content (AvgIpc) is 3.20. The summed E-state index contributed by atoms with van der Waals surface area (Å²) in [6.45, 7) is 2.27. The fourth-order valence-electron chi connectivity index (χ4n) is 2.47. The van der Waals surface area contributed by atoms with Crippen LogP contribution in [0.2, 0.25) is 10.0 Å². The van der Waals surface area contributed by atoms with E-state index in [1.807, 2.05) is 6.92 Å². The van der Waals surface area contributed by atoms with Gasteiger partial charge in [-0.25, -0.2) is 4.68 Å². The number of amides is 2. The van der Waals surface area contributed by atoms with E-state index in [1.165, 1.54) is 4.68 Å². The first-order chi connectivity index (χ1) is 14.0. The maximum Gasteiger partial charge on any atom is 0.272 e. The van der Waals surface area contributed by atoms with Gasteiger partial charge in [-0.2, -0.15) is 5.10 Å². The maximum atomic E-state index is 12.3. The van der Waals surface area contributed by atoms with Crippen molar-refractivity contribution in [3.8, 4) is 11.4 Å². The Labute approximate surface area is 177 Å². The number of nitrogens with zero attached hydrogens (tertiary/aromatic N) is 2. The Hall–Kier alpha value is -3.03. The summed E-state index contributed by atoms with van der Waals surface area (Å²) in [6.07, 6.45) is 1.62. The zero-order valence-electron chi connectivity index (χ0n) is 15.5. The van der Waals surface area contributed by atoms with Gasteiger partial charge < -0.3 is 15.4 Å². The van der Waals surface area contributed by atoms with E-state index in [-0.39, 0.29) is 18.1 Å². The van der Waals surface area contributed by atoms with E-state index >= 15 is 0 Å². The highest BCUT2D eigenvalue weighted by molar-refractivity contribution is 6.42. The first kappa shape index (κ1) is 20.7. The molecule has 29 heavy (non-hydrogen) atoms. The topological polar surface area (TPSA) is 85.3 Å². The Morgan fingerprint density at radius 2 is 1.83 bits per heavy atom. The lowest BCUT2D eigenvalue weighted by atomic mass is 10.3. The molecular weight excluding hydrogens is 415 g/mol. The second-order valence-electron chi connectivity index (χ2n) is 5.93. The van der Waals surface area contributed by atoms with Crippen LogP contribution in [0, 0.1) is 0 Å². The largest absolute Gasteiger partial charge is 0.494 e. The number of anilines is 1. The second kappa shape index (κ2) is 9.45. The molecule has 3 aromatic rings. The molecule has 0 atom stereocenters. The molecule has 1 aromatic heterocycles. The lowest BCUT2D eigenvalue weighted by molar-refractivity contribution is -0.115. The Bertz CT molecular complexity index is 1020. The number of carbonyl (C=O) groups is 2. The molecule has 0 unspecified atom stereocenters. The van der Waals surface area contributed by atoms with E-state index < -0.39 is 5.91 Å². The van der Waals surface area contributed by atoms with Crippen LogP contribution < -0.4 is 15.4 Å². The third-order valence-electron chi connectivity index (χ3n) is 3.85. The monoisotopic (exact) mass is 432 g/mol. The number of benzene rings is 2. The molecular formula is C20H18Cl2N4O3. The highest BCUT2D eigenvalue weighted by Crippen LogP contribution is 2.24. The number of halogens is 2. The maximum absolute atomic E-state index is 12.3. The third-order valence-corrected chi connectivity index (χ3v) is 4.59. The van der Waals surface area contributed by atoms with Crippen LogP contribution in [0.1, 0.15) is 17.4 Å². The van der Waals surface area contributed by atoms with Crippen molar-refractivity contribution in [2.24, 2.45) is 0 Å². The molecule has 0 fully saturated rings. The Kier molecular flexibility index (Phi) is 6.74. The Morgan fingerprint density at radius 1 is 1.07 bits per heavy atom. The summed E-state index contributed by atoms with van der Waals surface area (Å²) >= 11 is 11.9. The number of carbonyl (C=O) groups excluding carboxylic acids is 2. The lowest BCUT2D eigenvalue weighted by Crippen LogP contribution is -2.33. The predicted octanol–water partition coefficient (Wildman–Crippen LogP) is 3.95. The van der Waals surface area contributed by atoms with Gasteiger partial charge in [0, 0.05) is 11.9 Å². The molecule has 0 radical (unpaired) electrons. The van der Waals surface area contributed by atoms with E-state index in [9.17, 15) is 9.59 Å².